The van der Waals surface area contributed by atoms with Gasteiger partial charge in [0, 0.05) is 24.9 Å². The summed E-state index contributed by atoms with van der Waals surface area (Å²) in [6.07, 6.45) is 11.2. The summed E-state index contributed by atoms with van der Waals surface area (Å²) in [5, 5.41) is 5.34. The number of rotatable bonds is 7. The number of carbonyl (C=O) groups excluding carboxylic acids is 2. The highest BCUT2D eigenvalue weighted by molar-refractivity contribution is 7.14. The minimum absolute atomic E-state index is 0.106. The first-order valence-corrected chi connectivity index (χ1v) is 10.5. The summed E-state index contributed by atoms with van der Waals surface area (Å²) >= 11 is 1.37. The van der Waals surface area contributed by atoms with Crippen molar-refractivity contribution in [2.24, 2.45) is 0 Å². The molecule has 0 bridgehead atoms. The van der Waals surface area contributed by atoms with Gasteiger partial charge in [-0.2, -0.15) is 0 Å². The lowest BCUT2D eigenvalue weighted by Crippen LogP contribution is -2.22. The fourth-order valence-corrected chi connectivity index (χ4v) is 4.01. The van der Waals surface area contributed by atoms with Crippen LogP contribution in [0, 0.1) is 0 Å². The number of carbonyl (C=O) groups is 2. The number of anilines is 2. The fourth-order valence-electron chi connectivity index (χ4n) is 3.16. The second kappa shape index (κ2) is 9.99. The van der Waals surface area contributed by atoms with Crippen LogP contribution < -0.4 is 10.2 Å². The maximum Gasteiger partial charge on any atom is 0.244 e. The van der Waals surface area contributed by atoms with Crippen LogP contribution in [0.2, 0.25) is 0 Å². The Morgan fingerprint density at radius 3 is 2.79 bits per heavy atom. The summed E-state index contributed by atoms with van der Waals surface area (Å²) in [6.45, 7) is 2.17. The number of thiazole rings is 1. The molecule has 0 unspecified atom stereocenters. The number of aromatic nitrogens is 1. The van der Waals surface area contributed by atoms with Crippen LogP contribution in [0.25, 0.3) is 6.08 Å². The molecule has 2 aromatic rings. The molecule has 0 saturated heterocycles. The molecule has 1 aliphatic carbocycles. The average molecular weight is 396 g/mol. The van der Waals surface area contributed by atoms with Gasteiger partial charge in [-0.15, -0.1) is 11.3 Å². The minimum atomic E-state index is -0.127. The first kappa shape index (κ1) is 20.0. The zero-order valence-corrected chi connectivity index (χ0v) is 16.9. The first-order chi connectivity index (χ1) is 13.6. The van der Waals surface area contributed by atoms with Gasteiger partial charge >= 0.3 is 0 Å². The lowest BCUT2D eigenvalue weighted by atomic mass is 9.97. The number of hydrogen-bond acceptors (Lipinski definition) is 4. The summed E-state index contributed by atoms with van der Waals surface area (Å²) in [6, 6.07) is 9.41. The van der Waals surface area contributed by atoms with E-state index in [0.717, 1.165) is 24.9 Å². The molecule has 1 N–H and O–H groups in total. The second-order valence-corrected chi connectivity index (χ2v) is 7.56. The molecule has 1 aliphatic rings. The predicted octanol–water partition coefficient (Wildman–Crippen LogP) is 4.85. The number of hydrogen-bond donors (Lipinski definition) is 1. The van der Waals surface area contributed by atoms with Crippen molar-refractivity contribution in [1.29, 1.82) is 0 Å². The second-order valence-electron chi connectivity index (χ2n) is 6.73. The van der Waals surface area contributed by atoms with E-state index in [2.05, 4.69) is 16.4 Å². The Kier molecular flexibility index (Phi) is 7.14. The van der Waals surface area contributed by atoms with Crippen molar-refractivity contribution in [3.63, 3.8) is 0 Å². The number of nitrogens with zero attached hydrogens (tertiary/aromatic N) is 2. The van der Waals surface area contributed by atoms with E-state index < -0.39 is 0 Å². The average Bonchev–Trinajstić information content (AvgIpc) is 3.16. The van der Waals surface area contributed by atoms with Crippen LogP contribution in [0.3, 0.4) is 0 Å². The van der Waals surface area contributed by atoms with E-state index in [1.165, 1.54) is 42.8 Å². The summed E-state index contributed by atoms with van der Waals surface area (Å²) in [5.74, 6) is -0.233. The van der Waals surface area contributed by atoms with Gasteiger partial charge in [0.25, 0.3) is 0 Å². The van der Waals surface area contributed by atoms with E-state index in [9.17, 15) is 9.59 Å². The standard InChI is InChI=1S/C22H25N3O2S/c1-17(26)25(20-10-6-3-7-11-20)22-24-19(16-28-22)12-13-21(27)23-15-14-18-8-4-2-5-9-18/h3,6-8,10-13,16H,2,4-5,9,14-15H2,1H3,(H,23,27)/b13-12+. The van der Waals surface area contributed by atoms with Gasteiger partial charge in [0.15, 0.2) is 5.13 Å². The van der Waals surface area contributed by atoms with E-state index in [1.54, 1.807) is 11.0 Å². The van der Waals surface area contributed by atoms with E-state index >= 15 is 0 Å². The van der Waals surface area contributed by atoms with E-state index in [-0.39, 0.29) is 11.8 Å². The third-order valence-electron chi connectivity index (χ3n) is 4.57. The monoisotopic (exact) mass is 395 g/mol. The molecule has 1 aromatic carbocycles. The fraction of sp³-hybridized carbons (Fsp3) is 0.318. The Balaban J connectivity index is 1.56. The molecule has 6 heteroatoms. The molecule has 0 fully saturated rings. The lowest BCUT2D eigenvalue weighted by molar-refractivity contribution is -0.117. The molecule has 0 spiro atoms. The number of amides is 2. The molecule has 5 nitrogen and oxygen atoms in total. The molecule has 0 atom stereocenters. The molecule has 1 aromatic heterocycles. The van der Waals surface area contributed by atoms with E-state index in [4.69, 9.17) is 0 Å². The van der Waals surface area contributed by atoms with E-state index in [0.29, 0.717) is 17.4 Å². The van der Waals surface area contributed by atoms with Crippen molar-refractivity contribution in [2.45, 2.75) is 39.0 Å². The van der Waals surface area contributed by atoms with Gasteiger partial charge in [-0.25, -0.2) is 4.98 Å². The van der Waals surface area contributed by atoms with Crippen LogP contribution in [0.15, 0.2) is 53.4 Å². The Bertz CT molecular complexity index is 871. The third-order valence-corrected chi connectivity index (χ3v) is 5.41. The van der Waals surface area contributed by atoms with Gasteiger partial charge in [0.05, 0.1) is 11.4 Å². The van der Waals surface area contributed by atoms with Crippen molar-refractivity contribution in [2.75, 3.05) is 11.4 Å². The quantitative estimate of drug-likeness (QED) is 0.539. The molecule has 146 valence electrons. The smallest absolute Gasteiger partial charge is 0.244 e. The van der Waals surface area contributed by atoms with Gasteiger partial charge < -0.3 is 5.32 Å². The van der Waals surface area contributed by atoms with Crippen LogP contribution in [0.5, 0.6) is 0 Å². The summed E-state index contributed by atoms with van der Waals surface area (Å²) in [4.78, 5) is 30.1. The largest absolute Gasteiger partial charge is 0.352 e. The van der Waals surface area contributed by atoms with Crippen LogP contribution >= 0.6 is 11.3 Å². The zero-order valence-electron chi connectivity index (χ0n) is 16.1. The van der Waals surface area contributed by atoms with E-state index in [1.807, 2.05) is 35.7 Å². The number of para-hydroxylation sites is 1. The number of nitrogens with one attached hydrogen (secondary N) is 1. The Hall–Kier alpha value is -2.73. The SMILES string of the molecule is CC(=O)N(c1ccccc1)c1nc(/C=C/C(=O)NCCC2=CCCCC2)cs1. The predicted molar refractivity (Wildman–Crippen MR) is 115 cm³/mol. The van der Waals surface area contributed by atoms with Crippen molar-refractivity contribution in [3.05, 3.63) is 59.1 Å². The van der Waals surface area contributed by atoms with Crippen molar-refractivity contribution >= 4 is 40.0 Å². The summed E-state index contributed by atoms with van der Waals surface area (Å²) in [7, 11) is 0. The van der Waals surface area contributed by atoms with Crippen LogP contribution in [-0.4, -0.2) is 23.3 Å². The first-order valence-electron chi connectivity index (χ1n) is 9.58. The summed E-state index contributed by atoms with van der Waals surface area (Å²) < 4.78 is 0. The third kappa shape index (κ3) is 5.63. The van der Waals surface area contributed by atoms with Crippen LogP contribution in [-0.2, 0) is 9.59 Å². The Morgan fingerprint density at radius 1 is 1.25 bits per heavy atom. The lowest BCUT2D eigenvalue weighted by Gasteiger charge is -2.17. The van der Waals surface area contributed by atoms with Crippen LogP contribution in [0.4, 0.5) is 10.8 Å². The molecule has 0 aliphatic heterocycles. The van der Waals surface area contributed by atoms with Crippen molar-refractivity contribution in [3.8, 4) is 0 Å². The molecule has 0 radical (unpaired) electrons. The van der Waals surface area contributed by atoms with Gasteiger partial charge in [-0.3, -0.25) is 14.5 Å². The van der Waals surface area contributed by atoms with Crippen molar-refractivity contribution in [1.82, 2.24) is 10.3 Å². The Morgan fingerprint density at radius 2 is 2.07 bits per heavy atom. The minimum Gasteiger partial charge on any atom is -0.352 e. The topological polar surface area (TPSA) is 62.3 Å². The maximum atomic E-state index is 12.1. The normalized spacial score (nSPS) is 14.0. The van der Waals surface area contributed by atoms with Gasteiger partial charge in [-0.05, 0) is 50.3 Å². The van der Waals surface area contributed by atoms with Gasteiger partial charge in [-0.1, -0.05) is 29.8 Å². The highest BCUT2D eigenvalue weighted by Gasteiger charge is 2.17. The summed E-state index contributed by atoms with van der Waals surface area (Å²) in [5.41, 5.74) is 2.88. The number of allylic oxidation sites excluding steroid dienone is 1. The molecule has 3 rings (SSSR count). The Labute approximate surface area is 169 Å². The molecule has 1 heterocycles. The molecular formula is C22H25N3O2S. The van der Waals surface area contributed by atoms with Gasteiger partial charge in [0.2, 0.25) is 11.8 Å². The molecular weight excluding hydrogens is 370 g/mol. The number of benzene rings is 1. The highest BCUT2D eigenvalue weighted by atomic mass is 32.1. The van der Waals surface area contributed by atoms with Crippen molar-refractivity contribution < 1.29 is 9.59 Å². The zero-order chi connectivity index (χ0) is 19.8. The van der Waals surface area contributed by atoms with Crippen LogP contribution in [0.1, 0.15) is 44.7 Å². The maximum absolute atomic E-state index is 12.1. The van der Waals surface area contributed by atoms with Gasteiger partial charge in [0.1, 0.15) is 0 Å². The molecule has 0 saturated carbocycles. The molecule has 28 heavy (non-hydrogen) atoms. The molecule has 2 amide bonds. The highest BCUT2D eigenvalue weighted by Crippen LogP contribution is 2.29.